The zero-order valence-corrected chi connectivity index (χ0v) is 18.8. The summed E-state index contributed by atoms with van der Waals surface area (Å²) in [4.78, 5) is 26.6. The van der Waals surface area contributed by atoms with E-state index in [0.29, 0.717) is 57.1 Å². The number of nitrogens with zero attached hydrogens (tertiary/aromatic N) is 3. The smallest absolute Gasteiger partial charge is 0.407 e. The highest BCUT2D eigenvalue weighted by molar-refractivity contribution is 6.05. The van der Waals surface area contributed by atoms with Crippen LogP contribution in [0.1, 0.15) is 67.9 Å². The van der Waals surface area contributed by atoms with Gasteiger partial charge in [0.15, 0.2) is 5.69 Å². The predicted octanol–water partition coefficient (Wildman–Crippen LogP) is 2.93. The highest BCUT2D eigenvalue weighted by atomic mass is 16.5. The summed E-state index contributed by atoms with van der Waals surface area (Å²) in [5.41, 5.74) is 0.478. The highest BCUT2D eigenvalue weighted by Gasteiger charge is 2.39. The molecule has 0 bridgehead atoms. The topological polar surface area (TPSA) is 117 Å². The van der Waals surface area contributed by atoms with E-state index in [1.165, 1.54) is 11.3 Å². The number of likely N-dealkylation sites (tertiary alicyclic amines) is 1. The molecule has 178 valence electrons. The van der Waals surface area contributed by atoms with Crippen LogP contribution in [0.2, 0.25) is 0 Å². The van der Waals surface area contributed by atoms with Crippen LogP contribution in [0.3, 0.4) is 0 Å². The number of rotatable bonds is 5. The third-order valence-corrected chi connectivity index (χ3v) is 7.58. The fourth-order valence-corrected chi connectivity index (χ4v) is 5.41. The number of carbonyl (C=O) groups is 2. The van der Waals surface area contributed by atoms with Crippen molar-refractivity contribution in [3.63, 3.8) is 0 Å². The minimum atomic E-state index is -1.02. The molecular weight excluding hydrogens is 424 g/mol. The third-order valence-electron chi connectivity index (χ3n) is 7.58. The summed E-state index contributed by atoms with van der Waals surface area (Å²) in [6.07, 6.45) is 5.00. The molecule has 0 spiro atoms. The van der Waals surface area contributed by atoms with Gasteiger partial charge in [-0.2, -0.15) is 5.10 Å². The molecule has 2 saturated heterocycles. The van der Waals surface area contributed by atoms with Gasteiger partial charge in [0.25, 0.3) is 5.91 Å². The number of piperidine rings is 1. The molecule has 2 atom stereocenters. The van der Waals surface area contributed by atoms with Crippen molar-refractivity contribution in [3.05, 3.63) is 30.0 Å². The van der Waals surface area contributed by atoms with Crippen molar-refractivity contribution < 1.29 is 24.5 Å². The van der Waals surface area contributed by atoms with Gasteiger partial charge >= 0.3 is 6.09 Å². The number of para-hydroxylation sites is 1. The molecule has 9 heteroatoms. The molecule has 3 fully saturated rings. The quantitative estimate of drug-likeness (QED) is 0.637. The van der Waals surface area contributed by atoms with Crippen LogP contribution in [0.15, 0.2) is 24.3 Å². The Morgan fingerprint density at radius 3 is 2.61 bits per heavy atom. The van der Waals surface area contributed by atoms with Crippen LogP contribution in [0.25, 0.3) is 10.9 Å². The summed E-state index contributed by atoms with van der Waals surface area (Å²) >= 11 is 0. The molecule has 3 heterocycles. The minimum Gasteiger partial charge on any atom is -0.465 e. The fourth-order valence-electron chi connectivity index (χ4n) is 5.41. The maximum atomic E-state index is 13.2. The molecule has 3 N–H and O–H groups in total. The van der Waals surface area contributed by atoms with Gasteiger partial charge in [-0.25, -0.2) is 4.79 Å². The normalized spacial score (nSPS) is 25.5. The Morgan fingerprint density at radius 2 is 1.91 bits per heavy atom. The lowest BCUT2D eigenvalue weighted by Crippen LogP contribution is -2.56. The molecular formula is C24H32N4O5. The average molecular weight is 457 g/mol. The van der Waals surface area contributed by atoms with Crippen molar-refractivity contribution in [2.24, 2.45) is 0 Å². The van der Waals surface area contributed by atoms with Gasteiger partial charge in [0.05, 0.1) is 17.2 Å². The number of amides is 2. The molecule has 5 rings (SSSR count). The standard InChI is InChI=1S/C24H32N4O5/c29-22(21-19-6-1-2-7-20(19)28(26-21)17-4-3-5-17)25-16-8-9-18(27(15-16)23(30)31)14-24(32)10-12-33-13-11-24/h1-2,6-7,16-18,32H,3-5,8-15H2,(H,25,29)(H,30,31)/t16-,18-/m0/s1. The summed E-state index contributed by atoms with van der Waals surface area (Å²) < 4.78 is 7.32. The van der Waals surface area contributed by atoms with E-state index in [2.05, 4.69) is 10.4 Å². The molecule has 2 aromatic rings. The number of carbonyl (C=O) groups excluding carboxylic acids is 1. The lowest BCUT2D eigenvalue weighted by molar-refractivity contribution is -0.0821. The SMILES string of the molecule is O=C(N[C@H]1CC[C@@H](CC2(O)CCOCC2)N(C(=O)O)C1)c1nn(C2CCC2)c2ccccc12. The summed E-state index contributed by atoms with van der Waals surface area (Å²) in [7, 11) is 0. The van der Waals surface area contributed by atoms with E-state index in [4.69, 9.17) is 4.74 Å². The second kappa shape index (κ2) is 8.95. The van der Waals surface area contributed by atoms with Crippen molar-refractivity contribution in [3.8, 4) is 0 Å². The molecule has 0 unspecified atom stereocenters. The first-order valence-corrected chi connectivity index (χ1v) is 12.0. The van der Waals surface area contributed by atoms with Gasteiger partial charge in [-0.15, -0.1) is 0 Å². The lowest BCUT2D eigenvalue weighted by Gasteiger charge is -2.42. The predicted molar refractivity (Wildman–Crippen MR) is 121 cm³/mol. The van der Waals surface area contributed by atoms with Crippen molar-refractivity contribution >= 4 is 22.9 Å². The van der Waals surface area contributed by atoms with Gasteiger partial charge < -0.3 is 25.2 Å². The van der Waals surface area contributed by atoms with Gasteiger partial charge in [-0.1, -0.05) is 18.2 Å². The van der Waals surface area contributed by atoms with Gasteiger partial charge in [-0.05, 0) is 57.4 Å². The second-order valence-electron chi connectivity index (χ2n) is 9.77. The van der Waals surface area contributed by atoms with Gasteiger partial charge in [0, 0.05) is 37.2 Å². The Morgan fingerprint density at radius 1 is 1.15 bits per heavy atom. The summed E-state index contributed by atoms with van der Waals surface area (Å²) in [5, 5.41) is 29.2. The van der Waals surface area contributed by atoms with Crippen LogP contribution in [0, 0.1) is 0 Å². The number of aromatic nitrogens is 2. The van der Waals surface area contributed by atoms with Crippen LogP contribution in [0.5, 0.6) is 0 Å². The van der Waals surface area contributed by atoms with Crippen LogP contribution >= 0.6 is 0 Å². The fraction of sp³-hybridized carbons (Fsp3) is 0.625. The highest BCUT2D eigenvalue weighted by Crippen LogP contribution is 2.35. The molecule has 1 aromatic carbocycles. The van der Waals surface area contributed by atoms with E-state index in [-0.39, 0.29) is 24.5 Å². The first-order chi connectivity index (χ1) is 15.9. The van der Waals surface area contributed by atoms with Gasteiger partial charge in [0.2, 0.25) is 0 Å². The van der Waals surface area contributed by atoms with Crippen molar-refractivity contribution in [2.75, 3.05) is 19.8 Å². The van der Waals surface area contributed by atoms with Gasteiger partial charge in [0.1, 0.15) is 0 Å². The van der Waals surface area contributed by atoms with Crippen LogP contribution in [0.4, 0.5) is 4.79 Å². The Bertz CT molecular complexity index is 1030. The number of hydrogen-bond acceptors (Lipinski definition) is 5. The van der Waals surface area contributed by atoms with Crippen molar-refractivity contribution in [1.82, 2.24) is 20.0 Å². The summed E-state index contributed by atoms with van der Waals surface area (Å²) in [6, 6.07) is 7.56. The number of aliphatic hydroxyl groups is 1. The lowest BCUT2D eigenvalue weighted by atomic mass is 9.83. The first-order valence-electron chi connectivity index (χ1n) is 12.0. The molecule has 2 amide bonds. The van der Waals surface area contributed by atoms with Crippen LogP contribution in [-0.4, -0.2) is 74.3 Å². The Hall–Kier alpha value is -2.65. The Kier molecular flexibility index (Phi) is 6.01. The van der Waals surface area contributed by atoms with E-state index in [9.17, 15) is 19.8 Å². The number of nitrogens with one attached hydrogen (secondary N) is 1. The first kappa shape index (κ1) is 22.2. The molecule has 3 aliphatic rings. The third kappa shape index (κ3) is 4.44. The number of carboxylic acid groups (broad SMARTS) is 1. The molecule has 0 radical (unpaired) electrons. The Labute approximate surface area is 192 Å². The molecule has 1 saturated carbocycles. The van der Waals surface area contributed by atoms with E-state index in [0.717, 1.165) is 23.7 Å². The number of ether oxygens (including phenoxy) is 1. The maximum Gasteiger partial charge on any atom is 0.407 e. The molecule has 9 nitrogen and oxygen atoms in total. The molecule has 33 heavy (non-hydrogen) atoms. The van der Waals surface area contributed by atoms with Gasteiger partial charge in [-0.3, -0.25) is 9.48 Å². The Balaban J connectivity index is 1.28. The van der Waals surface area contributed by atoms with E-state index in [1.54, 1.807) is 0 Å². The zero-order valence-electron chi connectivity index (χ0n) is 18.8. The van der Waals surface area contributed by atoms with E-state index < -0.39 is 11.7 Å². The largest absolute Gasteiger partial charge is 0.465 e. The van der Waals surface area contributed by atoms with E-state index in [1.807, 2.05) is 28.9 Å². The van der Waals surface area contributed by atoms with E-state index >= 15 is 0 Å². The summed E-state index contributed by atoms with van der Waals surface area (Å²) in [6.45, 7) is 1.20. The monoisotopic (exact) mass is 456 g/mol. The number of fused-ring (bicyclic) bond motifs is 1. The molecule has 1 aromatic heterocycles. The summed E-state index contributed by atoms with van der Waals surface area (Å²) in [5.74, 6) is -0.263. The number of benzene rings is 1. The number of hydrogen-bond donors (Lipinski definition) is 3. The maximum absolute atomic E-state index is 13.2. The van der Waals surface area contributed by atoms with Crippen molar-refractivity contribution in [1.29, 1.82) is 0 Å². The zero-order chi connectivity index (χ0) is 23.0. The molecule has 1 aliphatic carbocycles. The second-order valence-corrected chi connectivity index (χ2v) is 9.77. The molecule has 2 aliphatic heterocycles. The van der Waals surface area contributed by atoms with Crippen LogP contribution in [-0.2, 0) is 4.74 Å². The van der Waals surface area contributed by atoms with Crippen molar-refractivity contribution in [2.45, 2.75) is 75.1 Å². The minimum absolute atomic E-state index is 0.208. The average Bonchev–Trinajstić information content (AvgIpc) is 3.13. The van der Waals surface area contributed by atoms with Crippen LogP contribution < -0.4 is 5.32 Å².